The summed E-state index contributed by atoms with van der Waals surface area (Å²) in [7, 11) is 1.33. The van der Waals surface area contributed by atoms with E-state index in [0.29, 0.717) is 0 Å². The van der Waals surface area contributed by atoms with E-state index < -0.39 is 5.97 Å². The predicted molar refractivity (Wildman–Crippen MR) is 64.1 cm³/mol. The minimum absolute atomic E-state index is 0. The van der Waals surface area contributed by atoms with Gasteiger partial charge in [0, 0.05) is 6.04 Å². The van der Waals surface area contributed by atoms with Crippen molar-refractivity contribution in [3.05, 3.63) is 11.9 Å². The van der Waals surface area contributed by atoms with Gasteiger partial charge in [-0.3, -0.25) is 0 Å². The van der Waals surface area contributed by atoms with Crippen LogP contribution in [0.2, 0.25) is 0 Å². The van der Waals surface area contributed by atoms with Crippen molar-refractivity contribution in [2.75, 3.05) is 7.11 Å². The van der Waals surface area contributed by atoms with Crippen LogP contribution in [0.5, 0.6) is 0 Å². The summed E-state index contributed by atoms with van der Waals surface area (Å²) in [5.74, 6) is -0.462. The largest absolute Gasteiger partial charge is 0.464 e. The molecule has 0 spiro atoms. The van der Waals surface area contributed by atoms with Crippen LogP contribution in [0.25, 0.3) is 0 Å². The van der Waals surface area contributed by atoms with E-state index in [1.807, 2.05) is 0 Å². The van der Waals surface area contributed by atoms with E-state index in [1.54, 1.807) is 10.9 Å². The Balaban J connectivity index is 0.00000144. The quantitative estimate of drug-likeness (QED) is 0.800. The number of aromatic nitrogens is 3. The van der Waals surface area contributed by atoms with Gasteiger partial charge in [-0.2, -0.15) is 0 Å². The lowest BCUT2D eigenvalue weighted by molar-refractivity contribution is 0.0594. The van der Waals surface area contributed by atoms with Crippen LogP contribution in [0.3, 0.4) is 0 Å². The SMILES string of the molecule is COC(=O)c1cn([C@@H]2CCCC[C@@H]2N)nn1.Cl. The Morgan fingerprint density at radius 3 is 2.88 bits per heavy atom. The van der Waals surface area contributed by atoms with E-state index >= 15 is 0 Å². The number of hydrogen-bond donors (Lipinski definition) is 1. The molecule has 2 N–H and O–H groups in total. The van der Waals surface area contributed by atoms with Crippen LogP contribution < -0.4 is 5.73 Å². The molecule has 17 heavy (non-hydrogen) atoms. The lowest BCUT2D eigenvalue weighted by Crippen LogP contribution is -2.35. The number of ether oxygens (including phenoxy) is 1. The number of nitrogens with two attached hydrogens (primary N) is 1. The van der Waals surface area contributed by atoms with E-state index in [0.717, 1.165) is 25.7 Å². The first-order valence-corrected chi connectivity index (χ1v) is 5.48. The first-order valence-electron chi connectivity index (χ1n) is 5.48. The second kappa shape index (κ2) is 5.97. The van der Waals surface area contributed by atoms with Crippen molar-refractivity contribution in [3.8, 4) is 0 Å². The van der Waals surface area contributed by atoms with Gasteiger partial charge in [0.15, 0.2) is 5.69 Å². The smallest absolute Gasteiger partial charge is 0.360 e. The molecular weight excluding hydrogens is 244 g/mol. The van der Waals surface area contributed by atoms with Crippen molar-refractivity contribution >= 4 is 18.4 Å². The molecule has 96 valence electrons. The summed E-state index contributed by atoms with van der Waals surface area (Å²) in [5, 5.41) is 7.72. The average molecular weight is 261 g/mol. The summed E-state index contributed by atoms with van der Waals surface area (Å²) in [6.45, 7) is 0. The molecule has 1 heterocycles. The number of esters is 1. The molecular formula is C10H17ClN4O2. The molecule has 1 saturated carbocycles. The van der Waals surface area contributed by atoms with Crippen LogP contribution in [0, 0.1) is 0 Å². The number of methoxy groups -OCH3 is 1. The molecule has 1 aromatic heterocycles. The summed E-state index contributed by atoms with van der Waals surface area (Å²) >= 11 is 0. The van der Waals surface area contributed by atoms with Gasteiger partial charge in [0.2, 0.25) is 0 Å². The monoisotopic (exact) mass is 260 g/mol. The van der Waals surface area contributed by atoms with Gasteiger partial charge in [-0.05, 0) is 12.8 Å². The van der Waals surface area contributed by atoms with Crippen LogP contribution in [-0.2, 0) is 4.74 Å². The van der Waals surface area contributed by atoms with E-state index in [9.17, 15) is 4.79 Å². The molecule has 2 rings (SSSR count). The lowest BCUT2D eigenvalue weighted by atomic mass is 9.91. The predicted octanol–water partition coefficient (Wildman–Crippen LogP) is 0.929. The number of carbonyl (C=O) groups excluding carboxylic acids is 1. The zero-order chi connectivity index (χ0) is 11.5. The van der Waals surface area contributed by atoms with Crippen molar-refractivity contribution in [3.63, 3.8) is 0 Å². The van der Waals surface area contributed by atoms with Crippen molar-refractivity contribution < 1.29 is 9.53 Å². The first-order chi connectivity index (χ1) is 7.72. The van der Waals surface area contributed by atoms with Crippen LogP contribution in [0.4, 0.5) is 0 Å². The maximum absolute atomic E-state index is 11.2. The topological polar surface area (TPSA) is 83.0 Å². The molecule has 0 aliphatic heterocycles. The second-order valence-electron chi connectivity index (χ2n) is 4.09. The third-order valence-electron chi connectivity index (χ3n) is 3.03. The Morgan fingerprint density at radius 1 is 1.53 bits per heavy atom. The highest BCUT2D eigenvalue weighted by atomic mass is 35.5. The molecule has 6 nitrogen and oxygen atoms in total. The molecule has 0 bridgehead atoms. The number of hydrogen-bond acceptors (Lipinski definition) is 5. The van der Waals surface area contributed by atoms with Gasteiger partial charge in [-0.15, -0.1) is 17.5 Å². The number of carbonyl (C=O) groups is 1. The standard InChI is InChI=1S/C10H16N4O2.ClH/c1-16-10(15)8-6-14(13-12-8)9-5-3-2-4-7(9)11;/h6-7,9H,2-5,11H2,1H3;1H/t7-,9+;/m0./s1. The molecule has 0 radical (unpaired) electrons. The fourth-order valence-corrected chi connectivity index (χ4v) is 2.11. The maximum Gasteiger partial charge on any atom is 0.360 e. The summed E-state index contributed by atoms with van der Waals surface area (Å²) in [6, 6.07) is 0.251. The molecule has 0 aromatic carbocycles. The van der Waals surface area contributed by atoms with E-state index in [1.165, 1.54) is 7.11 Å². The fraction of sp³-hybridized carbons (Fsp3) is 0.700. The van der Waals surface area contributed by atoms with E-state index in [2.05, 4.69) is 15.0 Å². The van der Waals surface area contributed by atoms with Gasteiger partial charge in [0.25, 0.3) is 0 Å². The highest BCUT2D eigenvalue weighted by Crippen LogP contribution is 2.26. The zero-order valence-corrected chi connectivity index (χ0v) is 10.5. The van der Waals surface area contributed by atoms with Crippen LogP contribution >= 0.6 is 12.4 Å². The third-order valence-corrected chi connectivity index (χ3v) is 3.03. The maximum atomic E-state index is 11.2. The fourth-order valence-electron chi connectivity index (χ4n) is 2.11. The lowest BCUT2D eigenvalue weighted by Gasteiger charge is -2.28. The van der Waals surface area contributed by atoms with Gasteiger partial charge in [0.1, 0.15) is 0 Å². The summed E-state index contributed by atoms with van der Waals surface area (Å²) in [5.41, 5.74) is 6.26. The van der Waals surface area contributed by atoms with Crippen molar-refractivity contribution in [1.82, 2.24) is 15.0 Å². The van der Waals surface area contributed by atoms with Crippen LogP contribution in [0.1, 0.15) is 42.2 Å². The van der Waals surface area contributed by atoms with Gasteiger partial charge in [-0.1, -0.05) is 18.1 Å². The molecule has 2 atom stereocenters. The molecule has 1 aromatic rings. The summed E-state index contributed by atoms with van der Waals surface area (Å²) < 4.78 is 6.27. The number of halogens is 1. The molecule has 0 saturated heterocycles. The Labute approximate surface area is 106 Å². The highest BCUT2D eigenvalue weighted by molar-refractivity contribution is 5.86. The minimum atomic E-state index is -0.462. The highest BCUT2D eigenvalue weighted by Gasteiger charge is 2.25. The van der Waals surface area contributed by atoms with Gasteiger partial charge in [-0.25, -0.2) is 9.48 Å². The van der Waals surface area contributed by atoms with Crippen LogP contribution in [0.15, 0.2) is 6.20 Å². The number of nitrogens with zero attached hydrogens (tertiary/aromatic N) is 3. The Kier molecular flexibility index (Phi) is 4.89. The van der Waals surface area contributed by atoms with E-state index in [-0.39, 0.29) is 30.2 Å². The molecule has 0 amide bonds. The van der Waals surface area contributed by atoms with Crippen molar-refractivity contribution in [2.24, 2.45) is 5.73 Å². The Morgan fingerprint density at radius 2 is 2.24 bits per heavy atom. The normalized spacial score (nSPS) is 23.9. The molecule has 7 heteroatoms. The third kappa shape index (κ3) is 2.95. The van der Waals surface area contributed by atoms with Crippen molar-refractivity contribution in [2.45, 2.75) is 37.8 Å². The molecule has 1 aliphatic rings. The van der Waals surface area contributed by atoms with Gasteiger partial charge < -0.3 is 10.5 Å². The van der Waals surface area contributed by atoms with Crippen molar-refractivity contribution in [1.29, 1.82) is 0 Å². The second-order valence-corrected chi connectivity index (χ2v) is 4.09. The molecule has 1 aliphatic carbocycles. The molecule has 0 unspecified atom stereocenters. The minimum Gasteiger partial charge on any atom is -0.464 e. The zero-order valence-electron chi connectivity index (χ0n) is 9.70. The van der Waals surface area contributed by atoms with Gasteiger partial charge >= 0.3 is 5.97 Å². The Bertz CT molecular complexity index is 382. The van der Waals surface area contributed by atoms with E-state index in [4.69, 9.17) is 5.73 Å². The first kappa shape index (κ1) is 13.9. The van der Waals surface area contributed by atoms with Gasteiger partial charge in [0.05, 0.1) is 19.3 Å². The average Bonchev–Trinajstić information content (AvgIpc) is 2.78. The Hall–Kier alpha value is -1.14. The van der Waals surface area contributed by atoms with Crippen LogP contribution in [-0.4, -0.2) is 34.1 Å². The summed E-state index contributed by atoms with van der Waals surface area (Å²) in [6.07, 6.45) is 5.91. The number of rotatable bonds is 2. The molecule has 1 fully saturated rings. The summed E-state index contributed by atoms with van der Waals surface area (Å²) in [4.78, 5) is 11.2.